The van der Waals surface area contributed by atoms with Crippen molar-refractivity contribution < 1.29 is 4.79 Å². The molecule has 0 atom stereocenters. The van der Waals surface area contributed by atoms with E-state index in [0.717, 1.165) is 25.0 Å². The van der Waals surface area contributed by atoms with Crippen LogP contribution in [0.3, 0.4) is 0 Å². The molecule has 0 spiro atoms. The molecule has 0 aliphatic rings. The number of hydrogen-bond acceptors (Lipinski definition) is 4. The van der Waals surface area contributed by atoms with Gasteiger partial charge in [-0.3, -0.25) is 19.6 Å². The third-order valence-corrected chi connectivity index (χ3v) is 2.48. The molecule has 1 aromatic rings. The molecule has 0 aliphatic heterocycles. The van der Waals surface area contributed by atoms with Gasteiger partial charge >= 0.3 is 0 Å². The highest BCUT2D eigenvalue weighted by Gasteiger charge is 1.99. The number of rotatable bonds is 6. The topological polar surface area (TPSA) is 90.0 Å². The van der Waals surface area contributed by atoms with Crippen LogP contribution in [-0.2, 0) is 11.3 Å². The van der Waals surface area contributed by atoms with Gasteiger partial charge in [-0.25, -0.2) is 10.8 Å². The molecule has 0 aromatic carbocycles. The number of amides is 1. The van der Waals surface area contributed by atoms with Crippen molar-refractivity contribution in [3.63, 3.8) is 0 Å². The number of aromatic nitrogens is 2. The Hall–Kier alpha value is -1.69. The highest BCUT2D eigenvalue weighted by Crippen LogP contribution is 2.01. The predicted octanol–water partition coefficient (Wildman–Crippen LogP) is 0.102. The minimum Gasteiger partial charge on any atom is -0.299 e. The molecule has 0 unspecified atom stereocenters. The van der Waals surface area contributed by atoms with Crippen LogP contribution in [0.5, 0.6) is 0 Å². The molecule has 6 nitrogen and oxygen atoms in total. The Morgan fingerprint density at radius 3 is 2.88 bits per heavy atom. The van der Waals surface area contributed by atoms with E-state index >= 15 is 0 Å². The summed E-state index contributed by atoms with van der Waals surface area (Å²) in [5, 5.41) is 0. The molecule has 0 bridgehead atoms. The van der Waals surface area contributed by atoms with Crippen molar-refractivity contribution in [1.82, 2.24) is 15.0 Å². The van der Waals surface area contributed by atoms with Gasteiger partial charge in [0, 0.05) is 24.7 Å². The smallest absolute Gasteiger partial charge is 0.253 e. The van der Waals surface area contributed by atoms with Crippen LogP contribution in [0.1, 0.15) is 31.4 Å². The van der Waals surface area contributed by atoms with Crippen molar-refractivity contribution in [2.24, 2.45) is 5.84 Å². The molecule has 3 N–H and O–H groups in total. The molecule has 1 aromatic heterocycles. The molecule has 1 amide bonds. The van der Waals surface area contributed by atoms with Crippen LogP contribution < -0.4 is 16.8 Å². The first-order valence-electron chi connectivity index (χ1n) is 5.66. The lowest BCUT2D eigenvalue weighted by molar-refractivity contribution is -0.121. The van der Waals surface area contributed by atoms with Crippen molar-refractivity contribution in [3.05, 3.63) is 28.4 Å². The summed E-state index contributed by atoms with van der Waals surface area (Å²) in [7, 11) is 0. The van der Waals surface area contributed by atoms with Crippen LogP contribution >= 0.6 is 0 Å². The highest BCUT2D eigenvalue weighted by molar-refractivity contribution is 5.74. The third-order valence-electron chi connectivity index (χ3n) is 2.48. The second-order valence-corrected chi connectivity index (χ2v) is 3.94. The lowest BCUT2D eigenvalue weighted by atomic mass is 10.2. The second kappa shape index (κ2) is 6.80. The fourth-order valence-corrected chi connectivity index (χ4v) is 1.50. The Morgan fingerprint density at radius 2 is 2.24 bits per heavy atom. The summed E-state index contributed by atoms with van der Waals surface area (Å²) in [5.74, 6) is 4.81. The van der Waals surface area contributed by atoms with Crippen LogP contribution in [0, 0.1) is 6.92 Å². The highest BCUT2D eigenvalue weighted by atomic mass is 16.2. The van der Waals surface area contributed by atoms with Crippen molar-refractivity contribution in [3.8, 4) is 0 Å². The van der Waals surface area contributed by atoms with Crippen molar-refractivity contribution in [1.29, 1.82) is 0 Å². The van der Waals surface area contributed by atoms with Gasteiger partial charge in [0.05, 0.1) is 6.33 Å². The standard InChI is InChI=1S/C11H18N4O2/c1-9-7-11(17)15(8-13-9)6-4-2-3-5-10(16)14-12/h7-8H,2-6,12H2,1H3,(H,14,16). The first-order chi connectivity index (χ1) is 8.13. The summed E-state index contributed by atoms with van der Waals surface area (Å²) in [6.07, 6.45) is 4.50. The molecule has 0 radical (unpaired) electrons. The lowest BCUT2D eigenvalue weighted by Gasteiger charge is -2.04. The Bertz CT molecular complexity index is 428. The minimum atomic E-state index is -0.154. The molecule has 17 heavy (non-hydrogen) atoms. The maximum atomic E-state index is 11.5. The Kier molecular flexibility index (Phi) is 5.35. The van der Waals surface area contributed by atoms with Gasteiger partial charge in [0.2, 0.25) is 5.91 Å². The maximum Gasteiger partial charge on any atom is 0.253 e. The van der Waals surface area contributed by atoms with E-state index in [1.54, 1.807) is 17.8 Å². The molecule has 94 valence electrons. The van der Waals surface area contributed by atoms with Crippen LogP contribution in [0.2, 0.25) is 0 Å². The first kappa shape index (κ1) is 13.4. The Balaban J connectivity index is 2.27. The maximum absolute atomic E-state index is 11.5. The average Bonchev–Trinajstić information content (AvgIpc) is 2.30. The number of carbonyl (C=O) groups is 1. The summed E-state index contributed by atoms with van der Waals surface area (Å²) >= 11 is 0. The van der Waals surface area contributed by atoms with E-state index in [9.17, 15) is 9.59 Å². The molecule has 6 heteroatoms. The zero-order valence-corrected chi connectivity index (χ0v) is 9.98. The first-order valence-corrected chi connectivity index (χ1v) is 5.66. The summed E-state index contributed by atoms with van der Waals surface area (Å²) in [5.41, 5.74) is 2.78. The van der Waals surface area contributed by atoms with E-state index in [-0.39, 0.29) is 11.5 Å². The summed E-state index contributed by atoms with van der Waals surface area (Å²) in [6, 6.07) is 1.52. The SMILES string of the molecule is Cc1cc(=O)n(CCCCCC(=O)NN)cn1. The number of hydrazine groups is 1. The van der Waals surface area contributed by atoms with E-state index < -0.39 is 0 Å². The van der Waals surface area contributed by atoms with Gasteiger partial charge in [-0.2, -0.15) is 0 Å². The quantitative estimate of drug-likeness (QED) is 0.318. The van der Waals surface area contributed by atoms with Crippen LogP contribution in [0.25, 0.3) is 0 Å². The summed E-state index contributed by atoms with van der Waals surface area (Å²) in [4.78, 5) is 26.4. The van der Waals surface area contributed by atoms with Gasteiger partial charge in [0.15, 0.2) is 0 Å². The van der Waals surface area contributed by atoms with Gasteiger partial charge in [-0.15, -0.1) is 0 Å². The van der Waals surface area contributed by atoms with Gasteiger partial charge < -0.3 is 0 Å². The van der Waals surface area contributed by atoms with Crippen LogP contribution in [0.4, 0.5) is 0 Å². The normalized spacial score (nSPS) is 10.2. The molecule has 0 aliphatic carbocycles. The molecule has 0 saturated heterocycles. The molecule has 0 fully saturated rings. The number of unbranched alkanes of at least 4 members (excludes halogenated alkanes) is 2. The number of carbonyl (C=O) groups excluding carboxylic acids is 1. The summed E-state index contributed by atoms with van der Waals surface area (Å²) in [6.45, 7) is 2.42. The Labute approximate surface area is 99.8 Å². The second-order valence-electron chi connectivity index (χ2n) is 3.94. The van der Waals surface area contributed by atoms with E-state index in [1.165, 1.54) is 6.07 Å². The van der Waals surface area contributed by atoms with Gasteiger partial charge in [-0.05, 0) is 19.8 Å². The number of hydrogen-bond donors (Lipinski definition) is 2. The zero-order valence-electron chi connectivity index (χ0n) is 9.98. The average molecular weight is 238 g/mol. The van der Waals surface area contributed by atoms with E-state index in [4.69, 9.17) is 5.84 Å². The Morgan fingerprint density at radius 1 is 1.47 bits per heavy atom. The van der Waals surface area contributed by atoms with Crippen molar-refractivity contribution in [2.45, 2.75) is 39.2 Å². The molecule has 0 saturated carbocycles. The molecular formula is C11H18N4O2. The predicted molar refractivity (Wildman–Crippen MR) is 64.0 cm³/mol. The van der Waals surface area contributed by atoms with E-state index in [2.05, 4.69) is 10.4 Å². The van der Waals surface area contributed by atoms with Gasteiger partial charge in [0.1, 0.15) is 0 Å². The number of aryl methyl sites for hydroxylation is 2. The summed E-state index contributed by atoms with van der Waals surface area (Å²) < 4.78 is 1.58. The third kappa shape index (κ3) is 4.78. The largest absolute Gasteiger partial charge is 0.299 e. The van der Waals surface area contributed by atoms with Gasteiger partial charge in [-0.1, -0.05) is 6.42 Å². The van der Waals surface area contributed by atoms with E-state index in [0.29, 0.717) is 13.0 Å². The zero-order chi connectivity index (χ0) is 12.7. The molecule has 1 rings (SSSR count). The minimum absolute atomic E-state index is 0.0304. The fraction of sp³-hybridized carbons (Fsp3) is 0.545. The van der Waals surface area contributed by atoms with Gasteiger partial charge in [0.25, 0.3) is 5.56 Å². The van der Waals surface area contributed by atoms with Crippen LogP contribution in [0.15, 0.2) is 17.2 Å². The van der Waals surface area contributed by atoms with E-state index in [1.807, 2.05) is 0 Å². The number of nitrogens with one attached hydrogen (secondary N) is 1. The molecule has 1 heterocycles. The van der Waals surface area contributed by atoms with Crippen LogP contribution in [-0.4, -0.2) is 15.5 Å². The monoisotopic (exact) mass is 238 g/mol. The number of nitrogens with zero attached hydrogens (tertiary/aromatic N) is 2. The molecular weight excluding hydrogens is 220 g/mol. The fourth-order valence-electron chi connectivity index (χ4n) is 1.50. The number of nitrogens with two attached hydrogens (primary N) is 1. The van der Waals surface area contributed by atoms with Crippen molar-refractivity contribution >= 4 is 5.91 Å². The lowest BCUT2D eigenvalue weighted by Crippen LogP contribution is -2.29. The van der Waals surface area contributed by atoms with Crippen molar-refractivity contribution in [2.75, 3.05) is 0 Å².